The molecule has 0 radical (unpaired) electrons. The van der Waals surface area contributed by atoms with Crippen LogP contribution >= 0.6 is 0 Å². The van der Waals surface area contributed by atoms with E-state index in [4.69, 9.17) is 10.2 Å². The van der Waals surface area contributed by atoms with Gasteiger partial charge in [0.1, 0.15) is 11.0 Å². The van der Waals surface area contributed by atoms with Gasteiger partial charge in [0.25, 0.3) is 0 Å². The highest BCUT2D eigenvalue weighted by molar-refractivity contribution is 6.03. The zero-order valence-electron chi connectivity index (χ0n) is 15.9. The lowest BCUT2D eigenvalue weighted by atomic mass is 10.1. The molecule has 5 aromatic rings. The second-order valence-electron chi connectivity index (χ2n) is 7.00. The average molecular weight is 391 g/mol. The molecule has 5 heteroatoms. The van der Waals surface area contributed by atoms with E-state index in [1.165, 1.54) is 0 Å². The molecular formula is C25H17N3O2. The summed E-state index contributed by atoms with van der Waals surface area (Å²) in [7, 11) is 0. The number of nitrogens with zero attached hydrogens (tertiary/aromatic N) is 3. The second-order valence-corrected chi connectivity index (χ2v) is 7.00. The van der Waals surface area contributed by atoms with Crippen molar-refractivity contribution in [1.29, 1.82) is 0 Å². The number of carboxylic acid groups (broad SMARTS) is 1. The molecule has 0 amide bonds. The molecule has 4 aromatic carbocycles. The summed E-state index contributed by atoms with van der Waals surface area (Å²) in [4.78, 5) is 12.6. The van der Waals surface area contributed by atoms with Crippen molar-refractivity contribution >= 4 is 39.9 Å². The molecule has 1 heterocycles. The molecule has 0 spiro atoms. The Morgan fingerprint density at radius 2 is 1.43 bits per heavy atom. The SMILES string of the molecule is O=C(O)c1ccc(C=Cc2ccc(-n3nc4ccc5ccccc5c4n3)cc2)cc1. The highest BCUT2D eigenvalue weighted by Crippen LogP contribution is 2.23. The van der Waals surface area contributed by atoms with Crippen LogP contribution in [0.4, 0.5) is 0 Å². The Morgan fingerprint density at radius 1 is 0.767 bits per heavy atom. The van der Waals surface area contributed by atoms with E-state index in [9.17, 15) is 4.79 Å². The molecule has 0 bridgehead atoms. The first kappa shape index (κ1) is 17.8. The maximum Gasteiger partial charge on any atom is 0.335 e. The van der Waals surface area contributed by atoms with Crippen LogP contribution in [-0.4, -0.2) is 26.1 Å². The van der Waals surface area contributed by atoms with Crippen LogP contribution in [0.2, 0.25) is 0 Å². The Labute approximate surface area is 172 Å². The van der Waals surface area contributed by atoms with Crippen LogP contribution < -0.4 is 0 Å². The number of fused-ring (bicyclic) bond motifs is 3. The van der Waals surface area contributed by atoms with E-state index >= 15 is 0 Å². The van der Waals surface area contributed by atoms with Gasteiger partial charge in [-0.1, -0.05) is 66.7 Å². The molecule has 0 unspecified atom stereocenters. The summed E-state index contributed by atoms with van der Waals surface area (Å²) in [5.41, 5.74) is 4.89. The molecule has 30 heavy (non-hydrogen) atoms. The minimum atomic E-state index is -0.922. The van der Waals surface area contributed by atoms with E-state index < -0.39 is 5.97 Å². The van der Waals surface area contributed by atoms with Crippen molar-refractivity contribution in [2.45, 2.75) is 0 Å². The number of aromatic nitrogens is 3. The predicted octanol–water partition coefficient (Wildman–Crippen LogP) is 5.44. The Hall–Kier alpha value is -4.25. The molecule has 1 N–H and O–H groups in total. The summed E-state index contributed by atoms with van der Waals surface area (Å²) in [5, 5.41) is 20.5. The summed E-state index contributed by atoms with van der Waals surface area (Å²) >= 11 is 0. The van der Waals surface area contributed by atoms with Crippen molar-refractivity contribution in [3.8, 4) is 5.69 Å². The monoisotopic (exact) mass is 391 g/mol. The molecule has 0 saturated carbocycles. The number of hydrogen-bond donors (Lipinski definition) is 1. The zero-order chi connectivity index (χ0) is 20.5. The molecule has 5 rings (SSSR count). The lowest BCUT2D eigenvalue weighted by Gasteiger charge is -2.00. The van der Waals surface area contributed by atoms with Crippen molar-refractivity contribution in [3.05, 3.63) is 102 Å². The fourth-order valence-corrected chi connectivity index (χ4v) is 3.41. The summed E-state index contributed by atoms with van der Waals surface area (Å²) in [5.74, 6) is -0.922. The van der Waals surface area contributed by atoms with Crippen molar-refractivity contribution in [2.75, 3.05) is 0 Å². The smallest absolute Gasteiger partial charge is 0.335 e. The number of hydrogen-bond acceptors (Lipinski definition) is 3. The molecule has 0 saturated heterocycles. The number of benzene rings is 4. The van der Waals surface area contributed by atoms with Crippen LogP contribution in [0.1, 0.15) is 21.5 Å². The number of carboxylic acids is 1. The second kappa shape index (κ2) is 7.29. The molecule has 0 fully saturated rings. The first-order chi connectivity index (χ1) is 14.7. The summed E-state index contributed by atoms with van der Waals surface area (Å²) < 4.78 is 0. The highest BCUT2D eigenvalue weighted by Gasteiger charge is 2.08. The average Bonchev–Trinajstić information content (AvgIpc) is 3.23. The number of carbonyl (C=O) groups is 1. The van der Waals surface area contributed by atoms with Crippen LogP contribution in [0.3, 0.4) is 0 Å². The van der Waals surface area contributed by atoms with Crippen LogP contribution in [0.15, 0.2) is 84.9 Å². The van der Waals surface area contributed by atoms with Crippen LogP contribution in [0.25, 0.3) is 39.6 Å². The van der Waals surface area contributed by atoms with Crippen molar-refractivity contribution in [3.63, 3.8) is 0 Å². The minimum Gasteiger partial charge on any atom is -0.478 e. The standard InChI is InChI=1S/C25H17N3O2/c29-25(30)20-11-7-17(8-12-20)5-6-18-9-14-21(15-10-18)28-26-23-16-13-19-3-1-2-4-22(19)24(23)27-28/h1-16H,(H,29,30). The van der Waals surface area contributed by atoms with E-state index in [1.807, 2.05) is 54.6 Å². The molecule has 1 aromatic heterocycles. The quantitative estimate of drug-likeness (QED) is 0.414. The van der Waals surface area contributed by atoms with E-state index in [2.05, 4.69) is 23.3 Å². The molecule has 144 valence electrons. The van der Waals surface area contributed by atoms with Gasteiger partial charge in [0, 0.05) is 5.39 Å². The highest BCUT2D eigenvalue weighted by atomic mass is 16.4. The van der Waals surface area contributed by atoms with Crippen molar-refractivity contribution in [1.82, 2.24) is 15.0 Å². The van der Waals surface area contributed by atoms with Crippen molar-refractivity contribution < 1.29 is 9.90 Å². The molecular weight excluding hydrogens is 374 g/mol. The molecule has 0 aliphatic heterocycles. The Bertz CT molecular complexity index is 1400. The number of aromatic carboxylic acids is 1. The lowest BCUT2D eigenvalue weighted by molar-refractivity contribution is 0.0697. The Balaban J connectivity index is 1.40. The summed E-state index contributed by atoms with van der Waals surface area (Å²) in [6, 6.07) is 27.0. The van der Waals surface area contributed by atoms with Gasteiger partial charge >= 0.3 is 5.97 Å². The largest absolute Gasteiger partial charge is 0.478 e. The molecule has 0 aliphatic rings. The van der Waals surface area contributed by atoms with Crippen LogP contribution in [0.5, 0.6) is 0 Å². The maximum absolute atomic E-state index is 10.9. The summed E-state index contributed by atoms with van der Waals surface area (Å²) in [6.07, 6.45) is 3.94. The molecule has 0 aliphatic carbocycles. The lowest BCUT2D eigenvalue weighted by Crippen LogP contribution is -1.97. The molecule has 0 atom stereocenters. The third-order valence-corrected chi connectivity index (χ3v) is 5.03. The van der Waals surface area contributed by atoms with Crippen molar-refractivity contribution in [2.24, 2.45) is 0 Å². The Morgan fingerprint density at radius 3 is 2.13 bits per heavy atom. The van der Waals surface area contributed by atoms with Crippen LogP contribution in [0, 0.1) is 0 Å². The predicted molar refractivity (Wildman–Crippen MR) is 119 cm³/mol. The first-order valence-corrected chi connectivity index (χ1v) is 9.54. The number of rotatable bonds is 4. The topological polar surface area (TPSA) is 68.0 Å². The van der Waals surface area contributed by atoms with Gasteiger partial charge in [0.15, 0.2) is 0 Å². The molecule has 5 nitrogen and oxygen atoms in total. The summed E-state index contributed by atoms with van der Waals surface area (Å²) in [6.45, 7) is 0. The van der Waals surface area contributed by atoms with E-state index in [-0.39, 0.29) is 5.56 Å². The fourth-order valence-electron chi connectivity index (χ4n) is 3.41. The van der Waals surface area contributed by atoms with Gasteiger partial charge < -0.3 is 5.11 Å². The van der Waals surface area contributed by atoms with E-state index in [1.54, 1.807) is 29.1 Å². The van der Waals surface area contributed by atoms with Gasteiger partial charge in [-0.05, 0) is 46.8 Å². The van der Waals surface area contributed by atoms with Gasteiger partial charge in [0.2, 0.25) is 0 Å². The fraction of sp³-hybridized carbons (Fsp3) is 0. The van der Waals surface area contributed by atoms with Gasteiger partial charge in [-0.25, -0.2) is 4.79 Å². The normalized spacial score (nSPS) is 11.5. The first-order valence-electron chi connectivity index (χ1n) is 9.54. The van der Waals surface area contributed by atoms with E-state index in [0.717, 1.165) is 38.6 Å². The van der Waals surface area contributed by atoms with Gasteiger partial charge in [-0.15, -0.1) is 10.2 Å². The Kier molecular flexibility index (Phi) is 4.33. The minimum absolute atomic E-state index is 0.281. The van der Waals surface area contributed by atoms with Crippen LogP contribution in [-0.2, 0) is 0 Å². The van der Waals surface area contributed by atoms with Gasteiger partial charge in [-0.3, -0.25) is 0 Å². The van der Waals surface area contributed by atoms with Gasteiger partial charge in [-0.2, -0.15) is 4.80 Å². The maximum atomic E-state index is 10.9. The zero-order valence-corrected chi connectivity index (χ0v) is 15.9. The van der Waals surface area contributed by atoms with E-state index in [0.29, 0.717) is 0 Å². The van der Waals surface area contributed by atoms with Gasteiger partial charge in [0.05, 0.1) is 11.3 Å². The third-order valence-electron chi connectivity index (χ3n) is 5.03. The third kappa shape index (κ3) is 3.33.